The van der Waals surface area contributed by atoms with Crippen LogP contribution in [0.3, 0.4) is 0 Å². The largest absolute Gasteiger partial charge is 0.370 e. The van der Waals surface area contributed by atoms with Gasteiger partial charge in [-0.05, 0) is 58.7 Å². The maximum absolute atomic E-state index is 13.9. The smallest absolute Gasteiger partial charge is 0.243 e. The Morgan fingerprint density at radius 3 is 1.92 bits per heavy atom. The van der Waals surface area contributed by atoms with Crippen LogP contribution in [-0.4, -0.2) is 76.2 Å². The van der Waals surface area contributed by atoms with Crippen LogP contribution in [0.1, 0.15) is 36.6 Å². The van der Waals surface area contributed by atoms with Gasteiger partial charge in [0.25, 0.3) is 0 Å². The highest BCUT2D eigenvalue weighted by Crippen LogP contribution is 2.11. The maximum Gasteiger partial charge on any atom is 0.243 e. The Labute approximate surface area is 291 Å². The van der Waals surface area contributed by atoms with E-state index in [1.165, 1.54) is 19.4 Å². The molecule has 4 atom stereocenters. The van der Waals surface area contributed by atoms with E-state index >= 15 is 0 Å². The van der Waals surface area contributed by atoms with Gasteiger partial charge >= 0.3 is 0 Å². The number of imidazole rings is 1. The molecule has 48 heavy (non-hydrogen) atoms. The lowest BCUT2D eigenvalue weighted by atomic mass is 10.0. The predicted molar refractivity (Wildman–Crippen MR) is 188 cm³/mol. The third-order valence-electron chi connectivity index (χ3n) is 7.18. The monoisotopic (exact) mass is 772 g/mol. The van der Waals surface area contributed by atoms with Gasteiger partial charge < -0.3 is 43.5 Å². The fourth-order valence-electron chi connectivity index (χ4n) is 4.80. The maximum atomic E-state index is 13.9. The number of aliphatic imine (C=N–C) groups is 1. The molecule has 0 spiro atoms. The Morgan fingerprint density at radius 1 is 0.771 bits per heavy atom. The molecule has 16 heteroatoms. The van der Waals surface area contributed by atoms with Crippen LogP contribution in [-0.2, 0) is 43.2 Å². The molecule has 3 aromatic rings. The molecule has 11 N–H and O–H groups in total. The summed E-state index contributed by atoms with van der Waals surface area (Å²) in [5, 5.41) is 10.8. The van der Waals surface area contributed by atoms with Gasteiger partial charge in [0.05, 0.1) is 6.33 Å². The third-order valence-corrected chi connectivity index (χ3v) is 7.90. The minimum Gasteiger partial charge on any atom is -0.370 e. The Hall–Kier alpha value is -5.00. The summed E-state index contributed by atoms with van der Waals surface area (Å²) >= 11 is 2.16. The molecule has 0 fully saturated rings. The van der Waals surface area contributed by atoms with Gasteiger partial charge in [0.1, 0.15) is 24.2 Å². The van der Waals surface area contributed by atoms with Gasteiger partial charge in [-0.3, -0.25) is 29.0 Å². The second-order valence-electron chi connectivity index (χ2n) is 11.1. The van der Waals surface area contributed by atoms with Gasteiger partial charge in [-0.2, -0.15) is 0 Å². The quantitative estimate of drug-likeness (QED) is 0.0363. The number of hydrogen-bond acceptors (Lipinski definition) is 7. The highest BCUT2D eigenvalue weighted by molar-refractivity contribution is 14.1. The van der Waals surface area contributed by atoms with Gasteiger partial charge in [0, 0.05) is 48.2 Å². The first-order valence-electron chi connectivity index (χ1n) is 15.2. The zero-order chi connectivity index (χ0) is 35.1. The fraction of sp³-hybridized carbons (Fsp3) is 0.344. The van der Waals surface area contributed by atoms with Crippen LogP contribution in [0.4, 0.5) is 0 Å². The molecule has 0 radical (unpaired) electrons. The van der Waals surface area contributed by atoms with E-state index in [0.29, 0.717) is 12.1 Å². The second-order valence-corrected chi connectivity index (χ2v) is 12.3. The molecule has 256 valence electrons. The molecule has 0 bridgehead atoms. The summed E-state index contributed by atoms with van der Waals surface area (Å²) < 4.78 is 0.977. The lowest BCUT2D eigenvalue weighted by Gasteiger charge is -2.26. The molecule has 0 aliphatic heterocycles. The first-order valence-corrected chi connectivity index (χ1v) is 16.3. The highest BCUT2D eigenvalue weighted by Gasteiger charge is 2.31. The van der Waals surface area contributed by atoms with Crippen LogP contribution in [0.2, 0.25) is 0 Å². The highest BCUT2D eigenvalue weighted by atomic mass is 127. The van der Waals surface area contributed by atoms with Crippen molar-refractivity contribution in [3.8, 4) is 0 Å². The van der Waals surface area contributed by atoms with Crippen molar-refractivity contribution >= 4 is 58.1 Å². The van der Waals surface area contributed by atoms with Gasteiger partial charge in [-0.25, -0.2) is 4.98 Å². The summed E-state index contributed by atoms with van der Waals surface area (Å²) in [7, 11) is 0. The minimum atomic E-state index is -1.15. The SMILES string of the molecule is CC(=O)N[C@@H](Cc1cnc[nH]1)C(=O)N[C@@H](CCCN=C(N)N)C(=O)N[C@H](Cc1ccc(I)cc1)C(=O)N[C@@H](Cc1ccccc1)C(N)=O. The molecule has 0 unspecified atom stereocenters. The van der Waals surface area contributed by atoms with Crippen molar-refractivity contribution in [1.82, 2.24) is 31.2 Å². The number of benzene rings is 2. The topological polar surface area (TPSA) is 253 Å². The summed E-state index contributed by atoms with van der Waals surface area (Å²) in [5.74, 6) is -3.24. The molecule has 3 rings (SSSR count). The number of aromatic nitrogens is 2. The van der Waals surface area contributed by atoms with Crippen LogP contribution in [0.15, 0.2) is 72.1 Å². The average molecular weight is 773 g/mol. The lowest BCUT2D eigenvalue weighted by molar-refractivity contribution is -0.134. The molecule has 2 aromatic carbocycles. The van der Waals surface area contributed by atoms with Crippen molar-refractivity contribution in [3.63, 3.8) is 0 Å². The number of carbonyl (C=O) groups is 5. The van der Waals surface area contributed by atoms with E-state index in [-0.39, 0.29) is 38.2 Å². The van der Waals surface area contributed by atoms with Gasteiger partial charge in [-0.1, -0.05) is 42.5 Å². The molecule has 0 saturated carbocycles. The summed E-state index contributed by atoms with van der Waals surface area (Å²) in [6.45, 7) is 1.45. The first-order chi connectivity index (χ1) is 22.9. The summed E-state index contributed by atoms with van der Waals surface area (Å²) in [4.78, 5) is 76.1. The Morgan fingerprint density at radius 2 is 1.33 bits per heavy atom. The van der Waals surface area contributed by atoms with Crippen LogP contribution in [0.25, 0.3) is 0 Å². The van der Waals surface area contributed by atoms with Crippen molar-refractivity contribution in [2.24, 2.45) is 22.2 Å². The zero-order valence-electron chi connectivity index (χ0n) is 26.4. The molecule has 15 nitrogen and oxygen atoms in total. The number of halogens is 1. The number of nitrogens with two attached hydrogens (primary N) is 3. The second kappa shape index (κ2) is 19.0. The van der Waals surface area contributed by atoms with Crippen molar-refractivity contribution in [3.05, 3.63) is 87.5 Å². The molecular weight excluding hydrogens is 731 g/mol. The van der Waals surface area contributed by atoms with E-state index in [1.807, 2.05) is 54.6 Å². The van der Waals surface area contributed by atoms with E-state index < -0.39 is 53.7 Å². The van der Waals surface area contributed by atoms with Crippen LogP contribution in [0.5, 0.6) is 0 Å². The van der Waals surface area contributed by atoms with Crippen molar-refractivity contribution in [2.45, 2.75) is 63.2 Å². The van der Waals surface area contributed by atoms with Crippen LogP contribution in [0, 0.1) is 3.57 Å². The number of nitrogens with zero attached hydrogens (tertiary/aromatic N) is 2. The van der Waals surface area contributed by atoms with E-state index in [2.05, 4.69) is 58.8 Å². The molecule has 1 heterocycles. The number of rotatable bonds is 18. The van der Waals surface area contributed by atoms with Crippen molar-refractivity contribution < 1.29 is 24.0 Å². The molecular formula is C32H41IN10O5. The average Bonchev–Trinajstić information content (AvgIpc) is 3.55. The Kier molecular flexibility index (Phi) is 14.8. The van der Waals surface area contributed by atoms with Gasteiger partial charge in [0.2, 0.25) is 29.5 Å². The van der Waals surface area contributed by atoms with Crippen molar-refractivity contribution in [2.75, 3.05) is 6.54 Å². The number of amides is 5. The number of hydrogen-bond donors (Lipinski definition) is 8. The number of nitrogens with one attached hydrogen (secondary N) is 5. The Balaban J connectivity index is 1.85. The molecule has 5 amide bonds. The predicted octanol–water partition coefficient (Wildman–Crippen LogP) is -0.460. The third kappa shape index (κ3) is 13.0. The molecule has 0 saturated heterocycles. The van der Waals surface area contributed by atoms with Crippen molar-refractivity contribution in [1.29, 1.82) is 0 Å². The van der Waals surface area contributed by atoms with Crippen LogP contribution >= 0.6 is 22.6 Å². The van der Waals surface area contributed by atoms with E-state index in [0.717, 1.165) is 14.7 Å². The number of aromatic amines is 1. The fourth-order valence-corrected chi connectivity index (χ4v) is 5.16. The molecule has 1 aromatic heterocycles. The Bertz CT molecular complexity index is 1550. The van der Waals surface area contributed by atoms with Gasteiger partial charge in [-0.15, -0.1) is 0 Å². The number of carbonyl (C=O) groups excluding carboxylic acids is 5. The van der Waals surface area contributed by atoms with Gasteiger partial charge in [0.15, 0.2) is 5.96 Å². The standard InChI is InChI=1S/C32H41IN10O5/c1-19(44)40-27(16-23-17-37-18-39-23)31(48)41-24(8-5-13-38-32(35)36)29(46)43-26(15-21-9-11-22(33)12-10-21)30(47)42-25(28(34)45)14-20-6-3-2-4-7-20/h2-4,6-7,9-12,17-18,24-27H,5,8,13-16H2,1H3,(H2,34,45)(H,37,39)(H,40,44)(H,41,48)(H,42,47)(H,43,46)(H4,35,36,38)/t24-,25-,26+,27-/m0/s1. The summed E-state index contributed by atoms with van der Waals surface area (Å²) in [6.07, 6.45) is 3.68. The van der Waals surface area contributed by atoms with E-state index in [9.17, 15) is 24.0 Å². The number of H-pyrrole nitrogens is 1. The van der Waals surface area contributed by atoms with E-state index in [4.69, 9.17) is 17.2 Å². The first kappa shape index (κ1) is 37.5. The molecule has 0 aliphatic carbocycles. The van der Waals surface area contributed by atoms with Crippen LogP contribution < -0.4 is 38.5 Å². The summed E-state index contributed by atoms with van der Waals surface area (Å²) in [6, 6.07) is 12.1. The van der Waals surface area contributed by atoms with E-state index in [1.54, 1.807) is 0 Å². The summed E-state index contributed by atoms with van der Waals surface area (Å²) in [5.41, 5.74) is 18.7. The normalized spacial score (nSPS) is 13.2. The number of primary amides is 1. The zero-order valence-corrected chi connectivity index (χ0v) is 28.6. The molecule has 0 aliphatic rings. The minimum absolute atomic E-state index is 0.0777. The number of guanidine groups is 1. The lowest BCUT2D eigenvalue weighted by Crippen LogP contribution is -2.59.